The molecular formula is C21H31ClN2O3S. The van der Waals surface area contributed by atoms with E-state index in [0.717, 1.165) is 24.8 Å². The zero-order valence-corrected chi connectivity index (χ0v) is 18.7. The van der Waals surface area contributed by atoms with E-state index >= 15 is 0 Å². The van der Waals surface area contributed by atoms with Gasteiger partial charge in [-0.2, -0.15) is 0 Å². The van der Waals surface area contributed by atoms with Crippen molar-refractivity contribution in [3.8, 4) is 0 Å². The third-order valence-corrected chi connectivity index (χ3v) is 8.75. The van der Waals surface area contributed by atoms with Crippen LogP contribution in [0.1, 0.15) is 58.1 Å². The van der Waals surface area contributed by atoms with Crippen LogP contribution in [0.4, 0.5) is 0 Å². The summed E-state index contributed by atoms with van der Waals surface area (Å²) in [6, 6.07) is 7.46. The van der Waals surface area contributed by atoms with Gasteiger partial charge in [0.2, 0.25) is 15.9 Å². The van der Waals surface area contributed by atoms with Crippen molar-refractivity contribution in [3.05, 3.63) is 34.9 Å². The molecule has 156 valence electrons. The Morgan fingerprint density at radius 3 is 2.36 bits per heavy atom. The van der Waals surface area contributed by atoms with E-state index in [-0.39, 0.29) is 35.1 Å². The summed E-state index contributed by atoms with van der Waals surface area (Å²) < 4.78 is 26.7. The number of amides is 1. The highest BCUT2D eigenvalue weighted by Gasteiger charge is 2.44. The molecule has 1 saturated heterocycles. The Hall–Kier alpha value is -1.11. The normalized spacial score (nSPS) is 27.3. The Morgan fingerprint density at radius 1 is 1.21 bits per heavy atom. The van der Waals surface area contributed by atoms with Crippen LogP contribution in [-0.2, 0) is 14.8 Å². The number of sulfonamides is 1. The second kappa shape index (κ2) is 8.33. The molecule has 1 saturated carbocycles. The van der Waals surface area contributed by atoms with Crippen LogP contribution in [-0.4, -0.2) is 48.4 Å². The number of likely N-dealkylation sites (tertiary alicyclic amines) is 1. The molecule has 1 aromatic carbocycles. The number of hydrogen-bond donors (Lipinski definition) is 0. The number of hydrogen-bond acceptors (Lipinski definition) is 3. The lowest BCUT2D eigenvalue weighted by molar-refractivity contribution is -0.148. The van der Waals surface area contributed by atoms with Crippen LogP contribution in [0, 0.1) is 11.8 Å². The third-order valence-electron chi connectivity index (χ3n) is 6.16. The summed E-state index contributed by atoms with van der Waals surface area (Å²) >= 11 is 6.07. The fourth-order valence-corrected chi connectivity index (χ4v) is 6.19. The zero-order valence-electron chi connectivity index (χ0n) is 17.1. The average molecular weight is 427 g/mol. The number of nitrogens with zero attached hydrogens (tertiary/aromatic N) is 2. The summed E-state index contributed by atoms with van der Waals surface area (Å²) in [5.41, 5.74) is 1.06. The lowest BCUT2D eigenvalue weighted by atomic mass is 9.80. The van der Waals surface area contributed by atoms with E-state index in [1.165, 1.54) is 4.31 Å². The second-order valence-electron chi connectivity index (χ2n) is 8.44. The molecule has 4 atom stereocenters. The molecule has 0 aromatic heterocycles. The van der Waals surface area contributed by atoms with E-state index < -0.39 is 10.0 Å². The van der Waals surface area contributed by atoms with Crippen molar-refractivity contribution in [1.29, 1.82) is 0 Å². The van der Waals surface area contributed by atoms with Gasteiger partial charge in [0.25, 0.3) is 0 Å². The molecule has 2 fully saturated rings. The maximum absolute atomic E-state index is 13.2. The Bertz CT molecular complexity index is 807. The second-order valence-corrected chi connectivity index (χ2v) is 11.2. The maximum Gasteiger partial charge on any atom is 0.226 e. The van der Waals surface area contributed by atoms with Crippen molar-refractivity contribution in [1.82, 2.24) is 9.21 Å². The number of carbonyl (C=O) groups excluding carboxylic acids is 1. The van der Waals surface area contributed by atoms with Gasteiger partial charge in [0, 0.05) is 30.6 Å². The number of carbonyl (C=O) groups is 1. The van der Waals surface area contributed by atoms with Crippen LogP contribution in [0.3, 0.4) is 0 Å². The number of piperidine rings is 1. The highest BCUT2D eigenvalue weighted by Crippen LogP contribution is 2.41. The van der Waals surface area contributed by atoms with E-state index in [1.807, 2.05) is 43.0 Å². The largest absolute Gasteiger partial charge is 0.331 e. The van der Waals surface area contributed by atoms with Gasteiger partial charge in [-0.05, 0) is 49.3 Å². The van der Waals surface area contributed by atoms with Gasteiger partial charge in [0.15, 0.2) is 0 Å². The van der Waals surface area contributed by atoms with Crippen LogP contribution < -0.4 is 0 Å². The molecule has 0 bridgehead atoms. The number of benzene rings is 1. The van der Waals surface area contributed by atoms with Crippen LogP contribution >= 0.6 is 11.6 Å². The summed E-state index contributed by atoms with van der Waals surface area (Å²) in [6.07, 6.45) is 3.02. The first-order valence-electron chi connectivity index (χ1n) is 10.2. The van der Waals surface area contributed by atoms with E-state index in [4.69, 9.17) is 11.6 Å². The van der Waals surface area contributed by atoms with E-state index in [0.29, 0.717) is 18.0 Å². The molecule has 7 heteroatoms. The summed E-state index contributed by atoms with van der Waals surface area (Å²) in [7, 11) is -1.62. The van der Waals surface area contributed by atoms with Gasteiger partial charge in [-0.15, -0.1) is 0 Å². The lowest BCUT2D eigenvalue weighted by Gasteiger charge is -2.47. The quantitative estimate of drug-likeness (QED) is 0.659. The fraction of sp³-hybridized carbons (Fsp3) is 0.667. The first-order valence-corrected chi connectivity index (χ1v) is 12.1. The smallest absolute Gasteiger partial charge is 0.226 e. The monoisotopic (exact) mass is 426 g/mol. The predicted octanol–water partition coefficient (Wildman–Crippen LogP) is 4.09. The van der Waals surface area contributed by atoms with Gasteiger partial charge in [-0.25, -0.2) is 12.7 Å². The summed E-state index contributed by atoms with van der Waals surface area (Å²) in [5, 5.41) is 0.428. The maximum atomic E-state index is 13.2. The molecule has 1 aliphatic heterocycles. The molecule has 5 nitrogen and oxygen atoms in total. The van der Waals surface area contributed by atoms with Crippen molar-refractivity contribution < 1.29 is 13.2 Å². The van der Waals surface area contributed by atoms with Crippen LogP contribution in [0.5, 0.6) is 0 Å². The molecule has 1 heterocycles. The lowest BCUT2D eigenvalue weighted by Crippen LogP contribution is -2.54. The first kappa shape index (κ1) is 21.6. The standard InChI is InChI=1S/C21H31ClN2O3S/c1-5-18(13-23(4)28(26,27)19-10-11-19)24-20(14(2)12-15(3)21(24)25)16-6-8-17(22)9-7-16/h6-9,14-15,18-20H,5,10-13H2,1-4H3/t14-,15?,18-,20-/m0/s1. The van der Waals surface area contributed by atoms with Crippen molar-refractivity contribution in [2.75, 3.05) is 13.6 Å². The Labute approximate surface area is 174 Å². The molecule has 0 spiro atoms. The summed E-state index contributed by atoms with van der Waals surface area (Å²) in [5.74, 6) is 0.341. The van der Waals surface area contributed by atoms with Gasteiger partial charge in [0.05, 0.1) is 11.3 Å². The van der Waals surface area contributed by atoms with Gasteiger partial charge in [0.1, 0.15) is 0 Å². The average Bonchev–Trinajstić information content (AvgIpc) is 3.49. The zero-order chi connectivity index (χ0) is 20.6. The van der Waals surface area contributed by atoms with Gasteiger partial charge in [-0.1, -0.05) is 44.5 Å². The number of rotatable bonds is 7. The van der Waals surface area contributed by atoms with Crippen molar-refractivity contribution in [3.63, 3.8) is 0 Å². The molecule has 1 unspecified atom stereocenters. The topological polar surface area (TPSA) is 57.7 Å². The van der Waals surface area contributed by atoms with Crippen molar-refractivity contribution >= 4 is 27.5 Å². The molecule has 1 aromatic rings. The SMILES string of the molecule is CC[C@@H](CN(C)S(=O)(=O)C1CC1)N1C(=O)C(C)C[C@H](C)[C@H]1c1ccc(Cl)cc1. The Kier molecular flexibility index (Phi) is 6.42. The fourth-order valence-electron chi connectivity index (χ4n) is 4.44. The molecule has 2 aliphatic rings. The van der Waals surface area contributed by atoms with E-state index in [2.05, 4.69) is 6.92 Å². The highest BCUT2D eigenvalue weighted by atomic mass is 35.5. The van der Waals surface area contributed by atoms with Gasteiger partial charge < -0.3 is 4.90 Å². The van der Waals surface area contributed by atoms with Gasteiger partial charge >= 0.3 is 0 Å². The predicted molar refractivity (Wildman–Crippen MR) is 113 cm³/mol. The highest BCUT2D eigenvalue weighted by molar-refractivity contribution is 7.90. The molecule has 1 aliphatic carbocycles. The minimum absolute atomic E-state index is 0.0575. The van der Waals surface area contributed by atoms with Crippen molar-refractivity contribution in [2.45, 2.75) is 63.8 Å². The third kappa shape index (κ3) is 4.24. The van der Waals surface area contributed by atoms with Crippen LogP contribution in [0.2, 0.25) is 5.02 Å². The molecule has 0 N–H and O–H groups in total. The Morgan fingerprint density at radius 2 is 1.82 bits per heavy atom. The first-order chi connectivity index (χ1) is 13.2. The van der Waals surface area contributed by atoms with E-state index in [9.17, 15) is 13.2 Å². The molecule has 0 radical (unpaired) electrons. The van der Waals surface area contributed by atoms with Crippen molar-refractivity contribution in [2.24, 2.45) is 11.8 Å². The minimum Gasteiger partial charge on any atom is -0.331 e. The van der Waals surface area contributed by atoms with E-state index in [1.54, 1.807) is 7.05 Å². The van der Waals surface area contributed by atoms with Crippen LogP contribution in [0.25, 0.3) is 0 Å². The summed E-state index contributed by atoms with van der Waals surface area (Å²) in [6.45, 7) is 6.51. The molecule has 3 rings (SSSR count). The summed E-state index contributed by atoms with van der Waals surface area (Å²) in [4.78, 5) is 15.2. The molecule has 1 amide bonds. The van der Waals surface area contributed by atoms with Gasteiger partial charge in [-0.3, -0.25) is 4.79 Å². The molecule has 28 heavy (non-hydrogen) atoms. The van der Waals surface area contributed by atoms with Crippen LogP contribution in [0.15, 0.2) is 24.3 Å². The Balaban J connectivity index is 1.91. The minimum atomic E-state index is -3.26. The number of halogens is 1. The molecular weight excluding hydrogens is 396 g/mol. The number of likely N-dealkylation sites (N-methyl/N-ethyl adjacent to an activating group) is 1.